The molecule has 0 radical (unpaired) electrons. The molecule has 0 saturated carbocycles. The number of amides is 2. The minimum absolute atomic E-state index is 0.0545. The van der Waals surface area contributed by atoms with E-state index in [4.69, 9.17) is 0 Å². The average Bonchev–Trinajstić information content (AvgIpc) is 3.09. The second-order valence-corrected chi connectivity index (χ2v) is 6.13. The summed E-state index contributed by atoms with van der Waals surface area (Å²) in [5, 5.41) is 16.8. The highest BCUT2D eigenvalue weighted by molar-refractivity contribution is 7.98. The molecule has 8 nitrogen and oxygen atoms in total. The van der Waals surface area contributed by atoms with Crippen LogP contribution in [0, 0.1) is 0 Å². The number of aromatic amines is 1. The number of carbonyl (C=O) groups excluding carboxylic acids is 1. The van der Waals surface area contributed by atoms with E-state index in [1.54, 1.807) is 11.8 Å². The Morgan fingerprint density at radius 1 is 1.26 bits per heavy atom. The van der Waals surface area contributed by atoms with Gasteiger partial charge >= 0.3 is 6.03 Å². The first-order valence-electron chi connectivity index (χ1n) is 7.39. The molecule has 122 valence electrons. The largest absolute Gasteiger partial charge is 0.322 e. The SMILES string of the molecule is CSc1ccc(NC(=O)N2CCN(Cc3nn[nH]n3)CC2)cc1. The summed E-state index contributed by atoms with van der Waals surface area (Å²) in [5.74, 6) is 0.678. The van der Waals surface area contributed by atoms with Gasteiger partial charge in [0.1, 0.15) is 0 Å². The molecule has 1 saturated heterocycles. The summed E-state index contributed by atoms with van der Waals surface area (Å²) in [5.41, 5.74) is 0.821. The van der Waals surface area contributed by atoms with Gasteiger partial charge in [-0.05, 0) is 30.5 Å². The standard InChI is InChI=1S/C14H19N7OS/c1-23-12-4-2-11(3-5-12)15-14(22)21-8-6-20(7-9-21)10-13-16-18-19-17-13/h2-5H,6-10H2,1H3,(H,15,22)(H,16,17,18,19). The Morgan fingerprint density at radius 3 is 2.61 bits per heavy atom. The van der Waals surface area contributed by atoms with E-state index in [2.05, 4.69) is 30.8 Å². The van der Waals surface area contributed by atoms with Gasteiger partial charge in [0.05, 0.1) is 6.54 Å². The molecule has 9 heteroatoms. The van der Waals surface area contributed by atoms with Crippen LogP contribution in [0.2, 0.25) is 0 Å². The third-order valence-electron chi connectivity index (χ3n) is 3.76. The Bertz CT molecular complexity index is 623. The topological polar surface area (TPSA) is 90.0 Å². The van der Waals surface area contributed by atoms with Crippen molar-refractivity contribution in [1.82, 2.24) is 30.4 Å². The third kappa shape index (κ3) is 4.20. The Kier molecular flexibility index (Phi) is 5.09. The monoisotopic (exact) mass is 333 g/mol. The van der Waals surface area contributed by atoms with E-state index in [0.29, 0.717) is 25.5 Å². The molecule has 1 aromatic heterocycles. The molecule has 2 heterocycles. The number of H-pyrrole nitrogens is 1. The number of hydrogen-bond donors (Lipinski definition) is 2. The fourth-order valence-electron chi connectivity index (χ4n) is 2.44. The molecule has 2 amide bonds. The summed E-state index contributed by atoms with van der Waals surface area (Å²) in [4.78, 5) is 17.5. The normalized spacial score (nSPS) is 15.6. The van der Waals surface area contributed by atoms with Crippen LogP contribution in [0.1, 0.15) is 5.82 Å². The number of aromatic nitrogens is 4. The number of urea groups is 1. The van der Waals surface area contributed by atoms with Gasteiger partial charge in [0.15, 0.2) is 5.82 Å². The van der Waals surface area contributed by atoms with Crippen molar-refractivity contribution in [2.75, 3.05) is 37.8 Å². The molecule has 2 aromatic rings. The molecule has 0 unspecified atom stereocenters. The maximum Gasteiger partial charge on any atom is 0.321 e. The third-order valence-corrected chi connectivity index (χ3v) is 4.50. The highest BCUT2D eigenvalue weighted by Crippen LogP contribution is 2.18. The van der Waals surface area contributed by atoms with Crippen molar-refractivity contribution in [2.45, 2.75) is 11.4 Å². The van der Waals surface area contributed by atoms with Gasteiger partial charge in [0.2, 0.25) is 0 Å². The molecule has 0 bridgehead atoms. The fourth-order valence-corrected chi connectivity index (χ4v) is 2.84. The summed E-state index contributed by atoms with van der Waals surface area (Å²) in [7, 11) is 0. The summed E-state index contributed by atoms with van der Waals surface area (Å²) in [6, 6.07) is 7.81. The van der Waals surface area contributed by atoms with Crippen LogP contribution in [0.25, 0.3) is 0 Å². The van der Waals surface area contributed by atoms with Crippen LogP contribution in [0.5, 0.6) is 0 Å². The van der Waals surface area contributed by atoms with Crippen molar-refractivity contribution in [3.8, 4) is 0 Å². The van der Waals surface area contributed by atoms with Gasteiger partial charge in [-0.3, -0.25) is 4.90 Å². The smallest absolute Gasteiger partial charge is 0.321 e. The zero-order chi connectivity index (χ0) is 16.1. The first-order chi connectivity index (χ1) is 11.2. The second-order valence-electron chi connectivity index (χ2n) is 5.25. The van der Waals surface area contributed by atoms with E-state index >= 15 is 0 Å². The summed E-state index contributed by atoms with van der Waals surface area (Å²) in [6.45, 7) is 3.63. The van der Waals surface area contributed by atoms with Gasteiger partial charge in [0.25, 0.3) is 0 Å². The molecule has 2 N–H and O–H groups in total. The van der Waals surface area contributed by atoms with Crippen LogP contribution in [0.4, 0.5) is 10.5 Å². The molecule has 1 aromatic carbocycles. The number of thioether (sulfide) groups is 1. The zero-order valence-electron chi connectivity index (χ0n) is 12.9. The summed E-state index contributed by atoms with van der Waals surface area (Å²) >= 11 is 1.68. The molecular weight excluding hydrogens is 314 g/mol. The van der Waals surface area contributed by atoms with Crippen molar-refractivity contribution in [3.63, 3.8) is 0 Å². The van der Waals surface area contributed by atoms with E-state index in [0.717, 1.165) is 18.8 Å². The summed E-state index contributed by atoms with van der Waals surface area (Å²) in [6.07, 6.45) is 2.03. The number of nitrogens with one attached hydrogen (secondary N) is 2. The van der Waals surface area contributed by atoms with Gasteiger partial charge in [-0.15, -0.1) is 22.0 Å². The molecule has 0 spiro atoms. The van der Waals surface area contributed by atoms with Crippen molar-refractivity contribution in [3.05, 3.63) is 30.1 Å². The molecule has 23 heavy (non-hydrogen) atoms. The minimum atomic E-state index is -0.0545. The van der Waals surface area contributed by atoms with E-state index < -0.39 is 0 Å². The molecule has 0 atom stereocenters. The first kappa shape index (κ1) is 15.8. The second kappa shape index (κ2) is 7.42. The van der Waals surface area contributed by atoms with Gasteiger partial charge in [-0.2, -0.15) is 5.21 Å². The highest BCUT2D eigenvalue weighted by atomic mass is 32.2. The predicted molar refractivity (Wildman–Crippen MR) is 88.3 cm³/mol. The van der Waals surface area contributed by atoms with Crippen LogP contribution in [-0.4, -0.2) is 68.9 Å². The number of benzene rings is 1. The van der Waals surface area contributed by atoms with Gasteiger partial charge in [-0.25, -0.2) is 4.79 Å². The molecule has 0 aliphatic carbocycles. The number of tetrazole rings is 1. The van der Waals surface area contributed by atoms with E-state index in [1.165, 1.54) is 4.90 Å². The van der Waals surface area contributed by atoms with E-state index in [1.807, 2.05) is 35.4 Å². The Labute approximate surface area is 138 Å². The lowest BCUT2D eigenvalue weighted by atomic mass is 10.3. The number of anilines is 1. The van der Waals surface area contributed by atoms with Crippen LogP contribution >= 0.6 is 11.8 Å². The Balaban J connectivity index is 1.47. The molecule has 3 rings (SSSR count). The molecule has 1 fully saturated rings. The maximum absolute atomic E-state index is 12.3. The van der Waals surface area contributed by atoms with Crippen molar-refractivity contribution in [1.29, 1.82) is 0 Å². The van der Waals surface area contributed by atoms with Gasteiger partial charge < -0.3 is 10.2 Å². The number of rotatable bonds is 4. The first-order valence-corrected chi connectivity index (χ1v) is 8.62. The number of nitrogens with zero attached hydrogens (tertiary/aromatic N) is 5. The van der Waals surface area contributed by atoms with Crippen molar-refractivity contribution in [2.24, 2.45) is 0 Å². The van der Waals surface area contributed by atoms with Crippen LogP contribution in [0.3, 0.4) is 0 Å². The summed E-state index contributed by atoms with van der Waals surface area (Å²) < 4.78 is 0. The Hall–Kier alpha value is -2.13. The lowest BCUT2D eigenvalue weighted by molar-refractivity contribution is 0.141. The van der Waals surface area contributed by atoms with Crippen molar-refractivity contribution < 1.29 is 4.79 Å². The molecular formula is C14H19N7OS. The lowest BCUT2D eigenvalue weighted by Gasteiger charge is -2.34. The van der Waals surface area contributed by atoms with Crippen molar-refractivity contribution >= 4 is 23.5 Å². The minimum Gasteiger partial charge on any atom is -0.322 e. The molecule has 1 aliphatic heterocycles. The highest BCUT2D eigenvalue weighted by Gasteiger charge is 2.21. The quantitative estimate of drug-likeness (QED) is 0.819. The predicted octanol–water partition coefficient (Wildman–Crippen LogP) is 1.27. The van der Waals surface area contributed by atoms with Crippen LogP contribution in [0.15, 0.2) is 29.2 Å². The Morgan fingerprint density at radius 2 is 2.00 bits per heavy atom. The molecule has 1 aliphatic rings. The van der Waals surface area contributed by atoms with E-state index in [9.17, 15) is 4.79 Å². The van der Waals surface area contributed by atoms with Crippen LogP contribution in [-0.2, 0) is 6.54 Å². The number of carbonyl (C=O) groups is 1. The lowest BCUT2D eigenvalue weighted by Crippen LogP contribution is -2.49. The number of hydrogen-bond acceptors (Lipinski definition) is 6. The maximum atomic E-state index is 12.3. The van der Waals surface area contributed by atoms with E-state index in [-0.39, 0.29) is 6.03 Å². The number of piperazine rings is 1. The van der Waals surface area contributed by atoms with Gasteiger partial charge in [0, 0.05) is 36.8 Å². The zero-order valence-corrected chi connectivity index (χ0v) is 13.7. The fraction of sp³-hybridized carbons (Fsp3) is 0.429. The average molecular weight is 333 g/mol. The van der Waals surface area contributed by atoms with Crippen LogP contribution < -0.4 is 5.32 Å². The van der Waals surface area contributed by atoms with Gasteiger partial charge in [-0.1, -0.05) is 5.21 Å².